The highest BCUT2D eigenvalue weighted by molar-refractivity contribution is 5.96. The number of alkyl halides is 4. The molecule has 8 heteroatoms. The summed E-state index contributed by atoms with van der Waals surface area (Å²) < 4.78 is 48.8. The van der Waals surface area contributed by atoms with Crippen LogP contribution in [0.2, 0.25) is 0 Å². The van der Waals surface area contributed by atoms with E-state index in [4.69, 9.17) is 11.5 Å². The number of amides is 1. The van der Waals surface area contributed by atoms with Crippen LogP contribution in [0.5, 0.6) is 0 Å². The first-order valence-electron chi connectivity index (χ1n) is 4.82. The summed E-state index contributed by atoms with van der Waals surface area (Å²) in [6.45, 7) is -1.46. The first-order valence-corrected chi connectivity index (χ1v) is 4.82. The molecule has 0 bridgehead atoms. The molecule has 0 aliphatic heterocycles. The fourth-order valence-electron chi connectivity index (χ4n) is 1.18. The van der Waals surface area contributed by atoms with E-state index in [0.29, 0.717) is 0 Å². The number of carbonyl (C=O) groups excluding carboxylic acids is 1. The van der Waals surface area contributed by atoms with E-state index in [1.54, 1.807) is 5.32 Å². The van der Waals surface area contributed by atoms with E-state index in [1.807, 2.05) is 0 Å². The molecule has 5 N–H and O–H groups in total. The van der Waals surface area contributed by atoms with Crippen LogP contribution in [0, 0.1) is 0 Å². The number of rotatable bonds is 4. The molecule has 0 unspecified atom stereocenters. The highest BCUT2D eigenvalue weighted by atomic mass is 19.3. The zero-order valence-corrected chi connectivity index (χ0v) is 9.09. The van der Waals surface area contributed by atoms with Gasteiger partial charge < -0.3 is 16.8 Å². The van der Waals surface area contributed by atoms with Gasteiger partial charge in [0.1, 0.15) is 0 Å². The third kappa shape index (κ3) is 3.51. The van der Waals surface area contributed by atoms with Crippen LogP contribution in [0.25, 0.3) is 0 Å². The summed E-state index contributed by atoms with van der Waals surface area (Å²) in [6.07, 6.45) is -3.84. The Morgan fingerprint density at radius 1 is 1.22 bits per heavy atom. The lowest BCUT2D eigenvalue weighted by Crippen LogP contribution is -2.41. The average molecular weight is 265 g/mol. The Labute approximate surface area is 99.9 Å². The highest BCUT2D eigenvalue weighted by Gasteiger charge is 2.40. The van der Waals surface area contributed by atoms with Crippen LogP contribution in [-0.2, 0) is 0 Å². The van der Waals surface area contributed by atoms with Crippen molar-refractivity contribution < 1.29 is 22.4 Å². The van der Waals surface area contributed by atoms with Crippen LogP contribution in [0.15, 0.2) is 18.2 Å². The van der Waals surface area contributed by atoms with E-state index >= 15 is 0 Å². The fraction of sp³-hybridized carbons (Fsp3) is 0.300. The predicted molar refractivity (Wildman–Crippen MR) is 58.6 cm³/mol. The molecule has 4 nitrogen and oxygen atoms in total. The van der Waals surface area contributed by atoms with Gasteiger partial charge in [0.25, 0.3) is 5.91 Å². The molecule has 18 heavy (non-hydrogen) atoms. The number of nitrogen functional groups attached to an aromatic ring is 2. The minimum atomic E-state index is -4.28. The maximum atomic E-state index is 12.6. The summed E-state index contributed by atoms with van der Waals surface area (Å²) in [5.41, 5.74) is 11.1. The highest BCUT2D eigenvalue weighted by Crippen LogP contribution is 2.21. The first kappa shape index (κ1) is 14.1. The van der Waals surface area contributed by atoms with Crippen molar-refractivity contribution in [3.8, 4) is 0 Å². The van der Waals surface area contributed by atoms with Crippen molar-refractivity contribution in [2.75, 3.05) is 18.0 Å². The van der Waals surface area contributed by atoms with Gasteiger partial charge in [-0.15, -0.1) is 0 Å². The molecule has 0 aliphatic carbocycles. The lowest BCUT2D eigenvalue weighted by molar-refractivity contribution is -0.123. The Balaban J connectivity index is 2.72. The molecule has 100 valence electrons. The molecule has 0 saturated heterocycles. The SMILES string of the molecule is Nc1cc(N)cc(C(=O)NCC(F)(F)C(F)F)c1. The number of anilines is 2. The Bertz CT molecular complexity index is 430. The number of nitrogens with two attached hydrogens (primary N) is 2. The Hall–Kier alpha value is -1.99. The molecule has 0 radical (unpaired) electrons. The van der Waals surface area contributed by atoms with Gasteiger partial charge in [-0.1, -0.05) is 0 Å². The molecule has 0 atom stereocenters. The van der Waals surface area contributed by atoms with Crippen molar-refractivity contribution in [1.82, 2.24) is 5.32 Å². The summed E-state index contributed by atoms with van der Waals surface area (Å²) >= 11 is 0. The number of halogens is 4. The van der Waals surface area contributed by atoms with Gasteiger partial charge in [0.2, 0.25) is 0 Å². The molecule has 0 spiro atoms. The first-order chi connectivity index (χ1) is 8.22. The molecule has 0 fully saturated rings. The fourth-order valence-corrected chi connectivity index (χ4v) is 1.18. The van der Waals surface area contributed by atoms with Crippen molar-refractivity contribution in [3.05, 3.63) is 23.8 Å². The molecule has 0 aromatic heterocycles. The second-order valence-corrected chi connectivity index (χ2v) is 3.63. The van der Waals surface area contributed by atoms with Crippen LogP contribution >= 0.6 is 0 Å². The van der Waals surface area contributed by atoms with Gasteiger partial charge >= 0.3 is 12.3 Å². The molecular formula is C10H11F4N3O. The van der Waals surface area contributed by atoms with E-state index in [2.05, 4.69) is 0 Å². The van der Waals surface area contributed by atoms with E-state index in [9.17, 15) is 22.4 Å². The van der Waals surface area contributed by atoms with Gasteiger partial charge in [-0.2, -0.15) is 8.78 Å². The molecule has 1 aromatic rings. The normalized spacial score (nSPS) is 11.6. The van der Waals surface area contributed by atoms with Gasteiger partial charge in [0.05, 0.1) is 6.54 Å². The summed E-state index contributed by atoms with van der Waals surface area (Å²) in [5, 5.41) is 1.69. The lowest BCUT2D eigenvalue weighted by atomic mass is 10.1. The van der Waals surface area contributed by atoms with Gasteiger partial charge in [-0.25, -0.2) is 8.78 Å². The van der Waals surface area contributed by atoms with E-state index < -0.39 is 24.8 Å². The Morgan fingerprint density at radius 3 is 2.17 bits per heavy atom. The maximum absolute atomic E-state index is 12.6. The van der Waals surface area contributed by atoms with E-state index in [-0.39, 0.29) is 16.9 Å². The summed E-state index contributed by atoms with van der Waals surface area (Å²) in [4.78, 5) is 11.4. The molecule has 1 rings (SSSR count). The number of hydrogen-bond donors (Lipinski definition) is 3. The standard InChI is InChI=1S/C10H11F4N3O/c11-9(12)10(13,14)4-17-8(18)5-1-6(15)3-7(16)2-5/h1-3,9H,4,15-16H2,(H,17,18). The minimum absolute atomic E-state index is 0.0717. The minimum Gasteiger partial charge on any atom is -0.399 e. The summed E-state index contributed by atoms with van der Waals surface area (Å²) in [6, 6.07) is 3.77. The van der Waals surface area contributed by atoms with E-state index in [1.165, 1.54) is 18.2 Å². The number of benzene rings is 1. The van der Waals surface area contributed by atoms with Crippen molar-refractivity contribution in [1.29, 1.82) is 0 Å². The van der Waals surface area contributed by atoms with Gasteiger partial charge in [0.15, 0.2) is 0 Å². The second kappa shape index (κ2) is 5.11. The smallest absolute Gasteiger partial charge is 0.324 e. The molecule has 0 aliphatic rings. The van der Waals surface area contributed by atoms with Crippen LogP contribution < -0.4 is 16.8 Å². The number of nitrogens with one attached hydrogen (secondary N) is 1. The third-order valence-electron chi connectivity index (χ3n) is 2.04. The molecule has 0 saturated carbocycles. The zero-order valence-electron chi connectivity index (χ0n) is 9.09. The van der Waals surface area contributed by atoms with E-state index in [0.717, 1.165) is 0 Å². The van der Waals surface area contributed by atoms with Crippen LogP contribution in [0.3, 0.4) is 0 Å². The van der Waals surface area contributed by atoms with Crippen molar-refractivity contribution >= 4 is 17.3 Å². The van der Waals surface area contributed by atoms with Gasteiger partial charge in [0, 0.05) is 16.9 Å². The summed E-state index contributed by atoms with van der Waals surface area (Å²) in [5.74, 6) is -5.23. The van der Waals surface area contributed by atoms with Crippen molar-refractivity contribution in [2.24, 2.45) is 0 Å². The molecule has 1 aromatic carbocycles. The largest absolute Gasteiger partial charge is 0.399 e. The number of hydrogen-bond acceptors (Lipinski definition) is 3. The summed E-state index contributed by atoms with van der Waals surface area (Å²) in [7, 11) is 0. The maximum Gasteiger partial charge on any atom is 0.324 e. The second-order valence-electron chi connectivity index (χ2n) is 3.63. The zero-order chi connectivity index (χ0) is 13.9. The molecular weight excluding hydrogens is 254 g/mol. The molecule has 0 heterocycles. The van der Waals surface area contributed by atoms with Gasteiger partial charge in [-0.05, 0) is 18.2 Å². The monoisotopic (exact) mass is 265 g/mol. The van der Waals surface area contributed by atoms with Crippen LogP contribution in [0.1, 0.15) is 10.4 Å². The average Bonchev–Trinajstić information content (AvgIpc) is 2.24. The predicted octanol–water partition coefficient (Wildman–Crippen LogP) is 1.48. The van der Waals surface area contributed by atoms with Crippen LogP contribution in [0.4, 0.5) is 28.9 Å². The lowest BCUT2D eigenvalue weighted by Gasteiger charge is -2.15. The van der Waals surface area contributed by atoms with Crippen LogP contribution in [-0.4, -0.2) is 24.8 Å². The third-order valence-corrected chi connectivity index (χ3v) is 2.04. The Kier molecular flexibility index (Phi) is 4.00. The van der Waals surface area contributed by atoms with Gasteiger partial charge in [-0.3, -0.25) is 4.79 Å². The quantitative estimate of drug-likeness (QED) is 0.569. The topological polar surface area (TPSA) is 81.1 Å². The van der Waals surface area contributed by atoms with Crippen molar-refractivity contribution in [2.45, 2.75) is 12.3 Å². The Morgan fingerprint density at radius 2 is 1.72 bits per heavy atom. The number of carbonyl (C=O) groups is 1. The van der Waals surface area contributed by atoms with Crippen molar-refractivity contribution in [3.63, 3.8) is 0 Å². The molecule has 1 amide bonds.